The van der Waals surface area contributed by atoms with Gasteiger partial charge in [-0.25, -0.2) is 0 Å². The van der Waals surface area contributed by atoms with E-state index < -0.39 is 4.92 Å². The van der Waals surface area contributed by atoms with Gasteiger partial charge in [-0.1, -0.05) is 48.5 Å². The molecule has 4 aromatic rings. The zero-order valence-corrected chi connectivity index (χ0v) is 18.3. The number of hydrogen-bond donors (Lipinski definition) is 1. The van der Waals surface area contributed by atoms with Crippen molar-refractivity contribution in [2.24, 2.45) is 0 Å². The van der Waals surface area contributed by atoms with Gasteiger partial charge < -0.3 is 14.6 Å². The first kappa shape index (κ1) is 20.8. The van der Waals surface area contributed by atoms with E-state index in [-0.39, 0.29) is 17.8 Å². The summed E-state index contributed by atoms with van der Waals surface area (Å²) in [5.41, 5.74) is 2.38. The van der Waals surface area contributed by atoms with E-state index in [9.17, 15) is 10.1 Å². The molecule has 0 saturated carbocycles. The number of rotatable bonds is 6. The number of hydrogen-bond acceptors (Lipinski definition) is 5. The fourth-order valence-electron chi connectivity index (χ4n) is 4.16. The van der Waals surface area contributed by atoms with Crippen molar-refractivity contribution in [2.45, 2.75) is 18.6 Å². The lowest BCUT2D eigenvalue weighted by Gasteiger charge is -2.26. The van der Waals surface area contributed by atoms with Gasteiger partial charge in [0.1, 0.15) is 17.6 Å². The van der Waals surface area contributed by atoms with Gasteiger partial charge in [0.15, 0.2) is 5.11 Å². The van der Waals surface area contributed by atoms with E-state index in [2.05, 4.69) is 27.3 Å². The van der Waals surface area contributed by atoms with E-state index in [4.69, 9.17) is 16.6 Å². The van der Waals surface area contributed by atoms with E-state index >= 15 is 0 Å². The lowest BCUT2D eigenvalue weighted by Crippen LogP contribution is -2.29. The molecule has 3 heterocycles. The lowest BCUT2D eigenvalue weighted by atomic mass is 10.0. The maximum absolute atomic E-state index is 11.5. The van der Waals surface area contributed by atoms with Crippen LogP contribution in [-0.4, -0.2) is 19.9 Å². The second kappa shape index (κ2) is 8.84. The zero-order chi connectivity index (χ0) is 22.8. The van der Waals surface area contributed by atoms with Gasteiger partial charge in [-0.3, -0.25) is 15.1 Å². The molecule has 0 unspecified atom stereocenters. The third kappa shape index (κ3) is 4.08. The first-order chi connectivity index (χ1) is 16.1. The van der Waals surface area contributed by atoms with Crippen molar-refractivity contribution in [3.63, 3.8) is 0 Å². The number of furan rings is 1. The average molecular weight is 457 g/mol. The van der Waals surface area contributed by atoms with Crippen LogP contribution in [0.3, 0.4) is 0 Å². The normalized spacial score (nSPS) is 17.7. The number of aromatic nitrogens is 1. The van der Waals surface area contributed by atoms with Crippen molar-refractivity contribution in [3.05, 3.63) is 118 Å². The van der Waals surface area contributed by atoms with Gasteiger partial charge in [-0.2, -0.15) is 0 Å². The van der Waals surface area contributed by atoms with E-state index in [0.717, 1.165) is 11.3 Å². The predicted octanol–water partition coefficient (Wildman–Crippen LogP) is 5.42. The minimum Gasteiger partial charge on any atom is -0.459 e. The molecule has 7 nitrogen and oxygen atoms in total. The van der Waals surface area contributed by atoms with Crippen molar-refractivity contribution in [1.29, 1.82) is 0 Å². The van der Waals surface area contributed by atoms with E-state index in [0.29, 0.717) is 28.7 Å². The third-order valence-electron chi connectivity index (χ3n) is 5.68. The largest absolute Gasteiger partial charge is 0.459 e. The fraction of sp³-hybridized carbons (Fsp3) is 0.120. The summed E-state index contributed by atoms with van der Waals surface area (Å²) < 4.78 is 6.24. The van der Waals surface area contributed by atoms with Crippen molar-refractivity contribution >= 4 is 23.0 Å². The van der Waals surface area contributed by atoms with Crippen LogP contribution in [0, 0.1) is 10.1 Å². The Morgan fingerprint density at radius 3 is 2.52 bits per heavy atom. The van der Waals surface area contributed by atoms with Crippen molar-refractivity contribution in [1.82, 2.24) is 15.2 Å². The number of nitrogens with one attached hydrogen (secondary N) is 1. The molecule has 8 heteroatoms. The van der Waals surface area contributed by atoms with Gasteiger partial charge in [-0.05, 0) is 48.1 Å². The van der Waals surface area contributed by atoms with Crippen LogP contribution in [0.4, 0.5) is 5.69 Å². The Morgan fingerprint density at radius 2 is 1.76 bits per heavy atom. The van der Waals surface area contributed by atoms with Crippen LogP contribution in [0.15, 0.2) is 95.5 Å². The number of thiocarbonyl (C=S) groups is 1. The Labute approximate surface area is 195 Å². The number of nitrogens with zero attached hydrogens (tertiary/aromatic N) is 3. The van der Waals surface area contributed by atoms with Crippen LogP contribution in [0.1, 0.15) is 29.1 Å². The molecular weight excluding hydrogens is 436 g/mol. The third-order valence-corrected chi connectivity index (χ3v) is 6.03. The molecule has 33 heavy (non-hydrogen) atoms. The molecule has 1 saturated heterocycles. The molecule has 1 aliphatic heterocycles. The summed E-state index contributed by atoms with van der Waals surface area (Å²) in [6.45, 7) is 0.586. The molecule has 0 spiro atoms. The summed E-state index contributed by atoms with van der Waals surface area (Å²) in [6.07, 6.45) is 1.75. The van der Waals surface area contributed by atoms with Crippen molar-refractivity contribution in [3.8, 4) is 11.3 Å². The van der Waals surface area contributed by atoms with Crippen molar-refractivity contribution < 1.29 is 9.34 Å². The first-order valence-electron chi connectivity index (χ1n) is 10.5. The molecule has 2 atom stereocenters. The molecule has 2 aromatic heterocycles. The topological polar surface area (TPSA) is 84.4 Å². The lowest BCUT2D eigenvalue weighted by molar-refractivity contribution is -0.384. The van der Waals surface area contributed by atoms with E-state index in [1.807, 2.05) is 42.5 Å². The summed E-state index contributed by atoms with van der Waals surface area (Å²) in [5.74, 6) is 1.09. The Bertz CT molecular complexity index is 1290. The first-order valence-corrected chi connectivity index (χ1v) is 10.9. The van der Waals surface area contributed by atoms with Crippen LogP contribution in [-0.2, 0) is 6.54 Å². The monoisotopic (exact) mass is 456 g/mol. The van der Waals surface area contributed by atoms with E-state index in [1.54, 1.807) is 30.5 Å². The minimum atomic E-state index is -0.401. The summed E-state index contributed by atoms with van der Waals surface area (Å²) in [6, 6.07) is 25.5. The second-order valence-electron chi connectivity index (χ2n) is 7.72. The number of nitro groups is 1. The molecule has 1 fully saturated rings. The summed E-state index contributed by atoms with van der Waals surface area (Å²) in [7, 11) is 0. The van der Waals surface area contributed by atoms with Gasteiger partial charge in [0.05, 0.1) is 22.2 Å². The predicted molar refractivity (Wildman–Crippen MR) is 128 cm³/mol. The molecular formula is C25H20N4O3S. The Hall–Kier alpha value is -4.04. The summed E-state index contributed by atoms with van der Waals surface area (Å²) in [4.78, 5) is 17.7. The van der Waals surface area contributed by atoms with Crippen LogP contribution in [0.2, 0.25) is 0 Å². The van der Waals surface area contributed by atoms with Crippen molar-refractivity contribution in [2.75, 3.05) is 0 Å². The standard InChI is InChI=1S/C25H20N4O3S/c30-29(31)20-12-5-4-10-18(20)21-13-14-22(32-21)24-23(19-11-6-7-15-26-19)27-25(33)28(24)16-17-8-2-1-3-9-17/h1-15,23-24H,16H2,(H,27,33)/t23-,24-/m1/s1. The Kier molecular flexibility index (Phi) is 5.58. The fourth-order valence-corrected chi connectivity index (χ4v) is 4.47. The highest BCUT2D eigenvalue weighted by atomic mass is 32.1. The highest BCUT2D eigenvalue weighted by Gasteiger charge is 2.41. The number of para-hydroxylation sites is 1. The Balaban J connectivity index is 1.56. The molecule has 164 valence electrons. The number of benzene rings is 2. The molecule has 5 rings (SSSR count). The smallest absolute Gasteiger partial charge is 0.280 e. The van der Waals surface area contributed by atoms with Crippen LogP contribution in [0.5, 0.6) is 0 Å². The zero-order valence-electron chi connectivity index (χ0n) is 17.5. The Morgan fingerprint density at radius 1 is 1.00 bits per heavy atom. The molecule has 0 radical (unpaired) electrons. The van der Waals surface area contributed by atoms with Gasteiger partial charge in [0, 0.05) is 18.8 Å². The van der Waals surface area contributed by atoms with Crippen LogP contribution in [0.25, 0.3) is 11.3 Å². The summed E-state index contributed by atoms with van der Waals surface area (Å²) >= 11 is 5.71. The van der Waals surface area contributed by atoms with Gasteiger partial charge in [0.2, 0.25) is 0 Å². The maximum atomic E-state index is 11.5. The molecule has 1 N–H and O–H groups in total. The molecule has 0 amide bonds. The van der Waals surface area contributed by atoms with E-state index in [1.165, 1.54) is 6.07 Å². The van der Waals surface area contributed by atoms with Gasteiger partial charge in [-0.15, -0.1) is 0 Å². The highest BCUT2D eigenvalue weighted by molar-refractivity contribution is 7.80. The number of nitro benzene ring substituents is 1. The molecule has 0 aliphatic carbocycles. The molecule has 0 bridgehead atoms. The molecule has 1 aliphatic rings. The van der Waals surface area contributed by atoms with Crippen LogP contribution < -0.4 is 5.32 Å². The SMILES string of the molecule is O=[N+]([O-])c1ccccc1-c1ccc([C@@H]2[C@@H](c3ccccn3)NC(=S)N2Cc2ccccc2)o1. The number of pyridine rings is 1. The second-order valence-corrected chi connectivity index (χ2v) is 8.10. The minimum absolute atomic E-state index is 0.000820. The average Bonchev–Trinajstić information content (AvgIpc) is 3.45. The molecule has 2 aromatic carbocycles. The van der Waals surface area contributed by atoms with Crippen LogP contribution >= 0.6 is 12.2 Å². The van der Waals surface area contributed by atoms with Gasteiger partial charge in [0.25, 0.3) is 5.69 Å². The maximum Gasteiger partial charge on any atom is 0.280 e. The highest BCUT2D eigenvalue weighted by Crippen LogP contribution is 2.42. The summed E-state index contributed by atoms with van der Waals surface area (Å²) in [5, 5.41) is 15.5. The van der Waals surface area contributed by atoms with Gasteiger partial charge >= 0.3 is 0 Å². The quantitative estimate of drug-likeness (QED) is 0.235.